The van der Waals surface area contributed by atoms with Crippen LogP contribution in [0.1, 0.15) is 30.0 Å². The molecule has 0 spiro atoms. The van der Waals surface area contributed by atoms with Gasteiger partial charge in [-0.2, -0.15) is 0 Å². The first-order valence-electron chi connectivity index (χ1n) is 9.21. The number of hydrogen-bond donors (Lipinski definition) is 1. The minimum absolute atomic E-state index is 0.0148. The van der Waals surface area contributed by atoms with Gasteiger partial charge in [0.15, 0.2) is 0 Å². The lowest BCUT2D eigenvalue weighted by Gasteiger charge is -2.32. The predicted molar refractivity (Wildman–Crippen MR) is 112 cm³/mol. The van der Waals surface area contributed by atoms with Crippen LogP contribution >= 0.6 is 23.2 Å². The molecule has 1 aliphatic heterocycles. The maximum atomic E-state index is 13.0. The van der Waals surface area contributed by atoms with E-state index in [9.17, 15) is 4.79 Å². The van der Waals surface area contributed by atoms with Crippen molar-refractivity contribution in [3.8, 4) is 0 Å². The van der Waals surface area contributed by atoms with Gasteiger partial charge in [0.25, 0.3) is 0 Å². The van der Waals surface area contributed by atoms with E-state index in [2.05, 4.69) is 4.90 Å². The monoisotopic (exact) mass is 405 g/mol. The van der Waals surface area contributed by atoms with Crippen LogP contribution in [0.5, 0.6) is 0 Å². The van der Waals surface area contributed by atoms with Crippen LogP contribution in [-0.2, 0) is 11.2 Å². The molecule has 1 unspecified atom stereocenters. The van der Waals surface area contributed by atoms with E-state index >= 15 is 0 Å². The molecule has 1 amide bonds. The number of nitrogens with two attached hydrogens (primary N) is 1. The van der Waals surface area contributed by atoms with E-state index < -0.39 is 0 Å². The Balaban J connectivity index is 1.77. The number of anilines is 1. The third kappa shape index (κ3) is 5.16. The highest BCUT2D eigenvalue weighted by Crippen LogP contribution is 2.26. The highest BCUT2D eigenvalue weighted by molar-refractivity contribution is 6.42. The molecule has 0 aliphatic carbocycles. The Hall–Kier alpha value is -1.75. The van der Waals surface area contributed by atoms with E-state index in [1.54, 1.807) is 12.1 Å². The lowest BCUT2D eigenvalue weighted by atomic mass is 10.0. The number of carbonyl (C=O) groups excluding carboxylic acids is 1. The quantitative estimate of drug-likeness (QED) is 0.723. The fourth-order valence-corrected chi connectivity index (χ4v) is 3.82. The van der Waals surface area contributed by atoms with E-state index in [0.717, 1.165) is 36.4 Å². The summed E-state index contributed by atoms with van der Waals surface area (Å²) in [6.45, 7) is 2.99. The number of halogens is 2. The number of likely N-dealkylation sites (N-methyl/N-ethyl adjacent to an activating group) is 1. The summed E-state index contributed by atoms with van der Waals surface area (Å²) in [7, 11) is 1.87. The molecule has 1 fully saturated rings. The Bertz CT molecular complexity index is 789. The largest absolute Gasteiger partial charge is 0.399 e. The molecule has 2 aromatic rings. The summed E-state index contributed by atoms with van der Waals surface area (Å²) in [6, 6.07) is 13.1. The van der Waals surface area contributed by atoms with Crippen LogP contribution in [0.15, 0.2) is 42.5 Å². The van der Waals surface area contributed by atoms with Crippen LogP contribution in [0.2, 0.25) is 10.0 Å². The molecule has 144 valence electrons. The molecule has 6 heteroatoms. The molecule has 27 heavy (non-hydrogen) atoms. The highest BCUT2D eigenvalue weighted by Gasteiger charge is 2.25. The number of nitrogens with zero attached hydrogens (tertiary/aromatic N) is 2. The number of nitrogen functional groups attached to an aromatic ring is 1. The zero-order chi connectivity index (χ0) is 19.4. The lowest BCUT2D eigenvalue weighted by molar-refractivity contribution is -0.131. The molecule has 2 N–H and O–H groups in total. The van der Waals surface area contributed by atoms with Crippen molar-refractivity contribution in [3.05, 3.63) is 63.6 Å². The molecule has 2 aromatic carbocycles. The van der Waals surface area contributed by atoms with E-state index in [1.807, 2.05) is 42.3 Å². The lowest BCUT2D eigenvalue weighted by Crippen LogP contribution is -2.39. The molecular formula is C21H25Cl2N3O. The van der Waals surface area contributed by atoms with Crippen LogP contribution in [0.25, 0.3) is 0 Å². The van der Waals surface area contributed by atoms with Crippen molar-refractivity contribution in [2.24, 2.45) is 0 Å². The number of hydrogen-bond acceptors (Lipinski definition) is 3. The van der Waals surface area contributed by atoms with Gasteiger partial charge >= 0.3 is 0 Å². The third-order valence-corrected chi connectivity index (χ3v) is 5.89. The predicted octanol–water partition coefficient (Wildman–Crippen LogP) is 4.41. The third-order valence-electron chi connectivity index (χ3n) is 5.15. The molecule has 0 bridgehead atoms. The summed E-state index contributed by atoms with van der Waals surface area (Å²) < 4.78 is 0. The molecule has 1 aliphatic rings. The molecule has 1 atom stereocenters. The summed E-state index contributed by atoms with van der Waals surface area (Å²) in [6.07, 6.45) is 2.73. The average molecular weight is 406 g/mol. The summed E-state index contributed by atoms with van der Waals surface area (Å²) in [4.78, 5) is 17.2. The Morgan fingerprint density at radius 3 is 2.41 bits per heavy atom. The van der Waals surface area contributed by atoms with Crippen LogP contribution in [0, 0.1) is 0 Å². The number of rotatable bonds is 6. The first kappa shape index (κ1) is 20.0. The minimum atomic E-state index is -0.0148. The Morgan fingerprint density at radius 2 is 1.78 bits per heavy atom. The standard InChI is InChI=1S/C21H25Cl2N3O/c1-25(21(27)13-15-4-9-18(22)19(23)12-15)20(14-26-10-2-3-11-26)16-5-7-17(24)8-6-16/h4-9,12,20H,2-3,10-11,13-14,24H2,1H3. The number of likely N-dealkylation sites (tertiary alicyclic amines) is 1. The SMILES string of the molecule is CN(C(=O)Cc1ccc(Cl)c(Cl)c1)C(CN1CCCC1)c1ccc(N)cc1. The smallest absolute Gasteiger partial charge is 0.227 e. The second-order valence-corrected chi connectivity index (χ2v) is 7.93. The van der Waals surface area contributed by atoms with Crippen molar-refractivity contribution in [1.82, 2.24) is 9.80 Å². The first-order chi connectivity index (χ1) is 12.9. The molecule has 1 saturated heterocycles. The molecular weight excluding hydrogens is 381 g/mol. The minimum Gasteiger partial charge on any atom is -0.399 e. The van der Waals surface area contributed by atoms with E-state index in [4.69, 9.17) is 28.9 Å². The summed E-state index contributed by atoms with van der Waals surface area (Å²) in [5.41, 5.74) is 8.52. The maximum absolute atomic E-state index is 13.0. The van der Waals surface area contributed by atoms with E-state index in [-0.39, 0.29) is 11.9 Å². The fourth-order valence-electron chi connectivity index (χ4n) is 3.50. The van der Waals surface area contributed by atoms with Gasteiger partial charge in [0.2, 0.25) is 5.91 Å². The van der Waals surface area contributed by atoms with Crippen molar-refractivity contribution < 1.29 is 4.79 Å². The van der Waals surface area contributed by atoms with Crippen LogP contribution in [-0.4, -0.2) is 42.4 Å². The van der Waals surface area contributed by atoms with Crippen molar-refractivity contribution in [3.63, 3.8) is 0 Å². The zero-order valence-corrected chi connectivity index (χ0v) is 17.0. The molecule has 0 saturated carbocycles. The van der Waals surface area contributed by atoms with E-state index in [1.165, 1.54) is 12.8 Å². The van der Waals surface area contributed by atoms with Gasteiger partial charge in [0, 0.05) is 19.3 Å². The number of benzene rings is 2. The van der Waals surface area contributed by atoms with Crippen molar-refractivity contribution in [2.45, 2.75) is 25.3 Å². The summed E-state index contributed by atoms with van der Waals surface area (Å²) in [5, 5.41) is 0.965. The van der Waals surface area contributed by atoms with Crippen LogP contribution in [0.4, 0.5) is 5.69 Å². The van der Waals surface area contributed by atoms with Gasteiger partial charge in [-0.1, -0.05) is 41.4 Å². The van der Waals surface area contributed by atoms with Crippen molar-refractivity contribution in [1.29, 1.82) is 0 Å². The van der Waals surface area contributed by atoms with Gasteiger partial charge in [-0.05, 0) is 61.3 Å². The molecule has 4 nitrogen and oxygen atoms in total. The van der Waals surface area contributed by atoms with E-state index in [0.29, 0.717) is 16.5 Å². The van der Waals surface area contributed by atoms with Gasteiger partial charge < -0.3 is 15.5 Å². The molecule has 1 heterocycles. The summed E-state index contributed by atoms with van der Waals surface area (Å²) >= 11 is 12.1. The second kappa shape index (κ2) is 8.96. The number of carbonyl (C=O) groups is 1. The zero-order valence-electron chi connectivity index (χ0n) is 15.5. The summed E-state index contributed by atoms with van der Waals surface area (Å²) in [5.74, 6) is 0.0504. The highest BCUT2D eigenvalue weighted by atomic mass is 35.5. The first-order valence-corrected chi connectivity index (χ1v) is 9.97. The molecule has 0 aromatic heterocycles. The van der Waals surface area contributed by atoms with Gasteiger partial charge in [0.1, 0.15) is 0 Å². The van der Waals surface area contributed by atoms with Crippen molar-refractivity contribution >= 4 is 34.8 Å². The molecule has 0 radical (unpaired) electrons. The van der Waals surface area contributed by atoms with Gasteiger partial charge in [-0.15, -0.1) is 0 Å². The number of amides is 1. The Labute approximate surface area is 170 Å². The van der Waals surface area contributed by atoms with Gasteiger partial charge in [-0.3, -0.25) is 4.79 Å². The fraction of sp³-hybridized carbons (Fsp3) is 0.381. The van der Waals surface area contributed by atoms with Crippen LogP contribution < -0.4 is 5.73 Å². The van der Waals surface area contributed by atoms with Gasteiger partial charge in [-0.25, -0.2) is 0 Å². The maximum Gasteiger partial charge on any atom is 0.227 e. The normalized spacial score (nSPS) is 15.7. The van der Waals surface area contributed by atoms with Crippen LogP contribution in [0.3, 0.4) is 0 Å². The second-order valence-electron chi connectivity index (χ2n) is 7.12. The van der Waals surface area contributed by atoms with Crippen molar-refractivity contribution in [2.75, 3.05) is 32.4 Å². The molecule has 3 rings (SSSR count). The van der Waals surface area contributed by atoms with Gasteiger partial charge in [0.05, 0.1) is 22.5 Å². The Kier molecular flexibility index (Phi) is 6.64. The Morgan fingerprint density at radius 1 is 1.11 bits per heavy atom. The topological polar surface area (TPSA) is 49.6 Å². The average Bonchev–Trinajstić information content (AvgIpc) is 3.16.